The Morgan fingerprint density at radius 1 is 1.36 bits per heavy atom. The summed E-state index contributed by atoms with van der Waals surface area (Å²) in [5.74, 6) is -0.579. The van der Waals surface area contributed by atoms with Crippen molar-refractivity contribution in [3.63, 3.8) is 0 Å². The third-order valence-electron chi connectivity index (χ3n) is 4.02. The number of fused-ring (bicyclic) bond motifs is 1. The molecule has 5 nitrogen and oxygen atoms in total. The van der Waals surface area contributed by atoms with Gasteiger partial charge in [0.1, 0.15) is 5.56 Å². The van der Waals surface area contributed by atoms with Crippen molar-refractivity contribution in [3.05, 3.63) is 45.2 Å². The first-order valence-corrected chi connectivity index (χ1v) is 7.72. The van der Waals surface area contributed by atoms with Gasteiger partial charge < -0.3 is 15.0 Å². The van der Waals surface area contributed by atoms with Crippen LogP contribution in [-0.2, 0) is 10.9 Å². The molecule has 0 saturated carbocycles. The van der Waals surface area contributed by atoms with Crippen LogP contribution in [0.4, 0.5) is 13.2 Å². The average molecular weight is 356 g/mol. The van der Waals surface area contributed by atoms with Crippen LogP contribution in [0.15, 0.2) is 23.0 Å². The lowest BCUT2D eigenvalue weighted by Gasteiger charge is -2.17. The highest BCUT2D eigenvalue weighted by molar-refractivity contribution is 6.00. The Bertz CT molecular complexity index is 843. The van der Waals surface area contributed by atoms with Crippen LogP contribution in [0.25, 0.3) is 10.9 Å². The van der Waals surface area contributed by atoms with Crippen LogP contribution in [0.1, 0.15) is 34.8 Å². The number of halogens is 3. The van der Waals surface area contributed by atoms with Gasteiger partial charge in [-0.3, -0.25) is 9.59 Å². The summed E-state index contributed by atoms with van der Waals surface area (Å²) in [5, 5.41) is 3.09. The number of methoxy groups -OCH3 is 1. The van der Waals surface area contributed by atoms with Crippen molar-refractivity contribution in [2.75, 3.05) is 13.7 Å². The van der Waals surface area contributed by atoms with Crippen molar-refractivity contribution in [1.29, 1.82) is 0 Å². The minimum Gasteiger partial charge on any atom is -0.383 e. The number of ether oxygens (including phenoxy) is 1. The SMILES string of the molecule is CCC(COC)NC(=O)c1c(C)c2ccc(C(F)(F)F)cc2[nH]c1=O. The van der Waals surface area contributed by atoms with E-state index in [1.807, 2.05) is 6.92 Å². The summed E-state index contributed by atoms with van der Waals surface area (Å²) in [6, 6.07) is 2.78. The Kier molecular flexibility index (Phi) is 5.52. The van der Waals surface area contributed by atoms with Gasteiger partial charge in [0, 0.05) is 18.0 Å². The van der Waals surface area contributed by atoms with Crippen molar-refractivity contribution >= 4 is 16.8 Å². The number of aryl methyl sites for hydroxylation is 1. The average Bonchev–Trinajstić information content (AvgIpc) is 2.53. The summed E-state index contributed by atoms with van der Waals surface area (Å²) in [6.45, 7) is 3.69. The first-order chi connectivity index (χ1) is 11.7. The van der Waals surface area contributed by atoms with E-state index in [4.69, 9.17) is 4.74 Å². The van der Waals surface area contributed by atoms with Crippen LogP contribution < -0.4 is 10.9 Å². The van der Waals surface area contributed by atoms with Crippen molar-refractivity contribution in [2.24, 2.45) is 0 Å². The fourth-order valence-electron chi connectivity index (χ4n) is 2.63. The monoisotopic (exact) mass is 356 g/mol. The lowest BCUT2D eigenvalue weighted by atomic mass is 10.0. The molecule has 2 N–H and O–H groups in total. The Hall–Kier alpha value is -2.35. The molecule has 2 aromatic rings. The highest BCUT2D eigenvalue weighted by Gasteiger charge is 2.31. The zero-order chi connectivity index (χ0) is 18.8. The second kappa shape index (κ2) is 7.26. The number of aromatic nitrogens is 1. The van der Waals surface area contributed by atoms with Gasteiger partial charge in [0.25, 0.3) is 11.5 Å². The Labute approximate surface area is 142 Å². The van der Waals surface area contributed by atoms with E-state index in [0.29, 0.717) is 24.0 Å². The van der Waals surface area contributed by atoms with Crippen molar-refractivity contribution in [3.8, 4) is 0 Å². The number of H-pyrrole nitrogens is 1. The van der Waals surface area contributed by atoms with Gasteiger partial charge in [-0.1, -0.05) is 13.0 Å². The highest BCUT2D eigenvalue weighted by atomic mass is 19.4. The van der Waals surface area contributed by atoms with Gasteiger partial charge in [-0.15, -0.1) is 0 Å². The molecule has 136 valence electrons. The predicted molar refractivity (Wildman–Crippen MR) is 87.7 cm³/mol. The number of hydrogen-bond acceptors (Lipinski definition) is 3. The summed E-state index contributed by atoms with van der Waals surface area (Å²) in [6.07, 6.45) is -3.90. The number of nitrogens with one attached hydrogen (secondary N) is 2. The molecule has 1 aromatic carbocycles. The molecule has 0 radical (unpaired) electrons. The van der Waals surface area contributed by atoms with Crippen LogP contribution in [0.3, 0.4) is 0 Å². The predicted octanol–water partition coefficient (Wildman–Crippen LogP) is 3.01. The van der Waals surface area contributed by atoms with Crippen molar-refractivity contribution in [1.82, 2.24) is 10.3 Å². The summed E-state index contributed by atoms with van der Waals surface area (Å²) in [5.41, 5.74) is -1.33. The number of hydrogen-bond donors (Lipinski definition) is 2. The largest absolute Gasteiger partial charge is 0.416 e. The second-order valence-corrected chi connectivity index (χ2v) is 5.75. The first kappa shape index (κ1) is 19.0. The first-order valence-electron chi connectivity index (χ1n) is 7.72. The maximum absolute atomic E-state index is 12.8. The third-order valence-corrected chi connectivity index (χ3v) is 4.02. The van der Waals surface area contributed by atoms with E-state index in [9.17, 15) is 22.8 Å². The van der Waals surface area contributed by atoms with Crippen LogP contribution in [0.2, 0.25) is 0 Å². The summed E-state index contributed by atoms with van der Waals surface area (Å²) < 4.78 is 43.4. The minimum atomic E-state index is -4.51. The molecule has 0 bridgehead atoms. The molecular weight excluding hydrogens is 337 g/mol. The summed E-state index contributed by atoms with van der Waals surface area (Å²) >= 11 is 0. The molecule has 0 spiro atoms. The van der Waals surface area contributed by atoms with Crippen LogP contribution in [0, 0.1) is 6.92 Å². The van der Waals surface area contributed by atoms with Gasteiger partial charge in [0.15, 0.2) is 0 Å². The molecule has 0 aliphatic heterocycles. The number of aromatic amines is 1. The molecule has 1 atom stereocenters. The van der Waals surface area contributed by atoms with Gasteiger partial charge >= 0.3 is 6.18 Å². The highest BCUT2D eigenvalue weighted by Crippen LogP contribution is 2.31. The topological polar surface area (TPSA) is 71.2 Å². The normalized spacial score (nSPS) is 13.0. The van der Waals surface area contributed by atoms with Gasteiger partial charge in [-0.25, -0.2) is 0 Å². The van der Waals surface area contributed by atoms with E-state index >= 15 is 0 Å². The molecule has 0 aliphatic carbocycles. The summed E-state index contributed by atoms with van der Waals surface area (Å²) in [4.78, 5) is 27.1. The number of carbonyl (C=O) groups is 1. The number of amides is 1. The standard InChI is InChI=1S/C17H19F3N2O3/c1-4-11(8-25-3)21-15(23)14-9(2)12-6-5-10(17(18,19)20)7-13(12)22-16(14)24/h5-7,11H,4,8H2,1-3H3,(H,21,23)(H,22,24). The van der Waals surface area contributed by atoms with E-state index in [2.05, 4.69) is 10.3 Å². The maximum atomic E-state index is 12.8. The Morgan fingerprint density at radius 3 is 2.60 bits per heavy atom. The van der Waals surface area contributed by atoms with Crippen molar-refractivity contribution < 1.29 is 22.7 Å². The van der Waals surface area contributed by atoms with Crippen LogP contribution >= 0.6 is 0 Å². The number of benzene rings is 1. The van der Waals surface area contributed by atoms with Gasteiger partial charge in [-0.05, 0) is 31.0 Å². The molecule has 8 heteroatoms. The molecular formula is C17H19F3N2O3. The molecule has 25 heavy (non-hydrogen) atoms. The molecule has 0 fully saturated rings. The van der Waals surface area contributed by atoms with Crippen LogP contribution in [0.5, 0.6) is 0 Å². The molecule has 1 heterocycles. The zero-order valence-corrected chi connectivity index (χ0v) is 14.1. The van der Waals surface area contributed by atoms with Crippen LogP contribution in [-0.4, -0.2) is 30.6 Å². The molecule has 1 unspecified atom stereocenters. The summed E-state index contributed by atoms with van der Waals surface area (Å²) in [7, 11) is 1.50. The maximum Gasteiger partial charge on any atom is 0.416 e. The minimum absolute atomic E-state index is 0.0396. The quantitative estimate of drug-likeness (QED) is 0.865. The molecule has 1 amide bonds. The molecule has 2 rings (SSSR count). The Balaban J connectivity index is 2.49. The number of alkyl halides is 3. The van der Waals surface area contributed by atoms with E-state index in [1.54, 1.807) is 0 Å². The van der Waals surface area contributed by atoms with Gasteiger partial charge in [0.2, 0.25) is 0 Å². The lowest BCUT2D eigenvalue weighted by molar-refractivity contribution is -0.137. The molecule has 1 aromatic heterocycles. The molecule has 0 saturated heterocycles. The fraction of sp³-hybridized carbons (Fsp3) is 0.412. The second-order valence-electron chi connectivity index (χ2n) is 5.75. The third kappa shape index (κ3) is 4.01. The van der Waals surface area contributed by atoms with Gasteiger partial charge in [-0.2, -0.15) is 13.2 Å². The van der Waals surface area contributed by atoms with E-state index < -0.39 is 23.2 Å². The number of carbonyl (C=O) groups excluding carboxylic acids is 1. The fourth-order valence-corrected chi connectivity index (χ4v) is 2.63. The number of rotatable bonds is 5. The number of pyridine rings is 1. The van der Waals surface area contributed by atoms with Gasteiger partial charge in [0.05, 0.1) is 18.2 Å². The van der Waals surface area contributed by atoms with E-state index in [0.717, 1.165) is 12.1 Å². The smallest absolute Gasteiger partial charge is 0.383 e. The zero-order valence-electron chi connectivity index (χ0n) is 14.1. The van der Waals surface area contributed by atoms with E-state index in [1.165, 1.54) is 20.1 Å². The lowest BCUT2D eigenvalue weighted by Crippen LogP contribution is -2.40. The Morgan fingerprint density at radius 2 is 2.04 bits per heavy atom. The van der Waals surface area contributed by atoms with Crippen molar-refractivity contribution in [2.45, 2.75) is 32.5 Å². The van der Waals surface area contributed by atoms with E-state index in [-0.39, 0.29) is 17.1 Å². The molecule has 0 aliphatic rings.